The summed E-state index contributed by atoms with van der Waals surface area (Å²) < 4.78 is 27.3. The van der Waals surface area contributed by atoms with Crippen LogP contribution in [-0.4, -0.2) is 45.4 Å². The van der Waals surface area contributed by atoms with Gasteiger partial charge in [-0.05, 0) is 55.3 Å². The molecule has 5 rings (SSSR count). The average Bonchev–Trinajstić information content (AvgIpc) is 3.30. The first-order chi connectivity index (χ1) is 17.1. The summed E-state index contributed by atoms with van der Waals surface area (Å²) in [5, 5.41) is 0. The number of amides is 1. The maximum atomic E-state index is 14.5. The molecule has 0 aliphatic carbocycles. The fourth-order valence-electron chi connectivity index (χ4n) is 4.51. The van der Waals surface area contributed by atoms with Crippen LogP contribution in [-0.2, 0) is 4.79 Å². The number of benzene rings is 2. The topological polar surface area (TPSA) is 69.0 Å². The number of imidazole rings is 1. The molecule has 2 aromatic carbocycles. The number of methoxy groups -OCH3 is 1. The highest BCUT2D eigenvalue weighted by Crippen LogP contribution is 2.34. The summed E-state index contributed by atoms with van der Waals surface area (Å²) in [7, 11) is 1.41. The molecule has 0 N–H and O–H groups in total. The van der Waals surface area contributed by atoms with Gasteiger partial charge in [0.05, 0.1) is 24.5 Å². The molecule has 4 aromatic rings. The number of aromatic nitrogens is 3. The van der Waals surface area contributed by atoms with Crippen LogP contribution in [0.1, 0.15) is 24.6 Å². The Morgan fingerprint density at radius 1 is 1.20 bits per heavy atom. The molecule has 0 spiro atoms. The van der Waals surface area contributed by atoms with Crippen molar-refractivity contribution in [2.24, 2.45) is 0 Å². The molecule has 1 atom stereocenters. The minimum Gasteiger partial charge on any atom is -0.494 e. The standard InChI is InChI=1S/C27H25FN4O3/c1-3-24(33)31-14-5-6-19(17-31)27-30-26(21-16-29-13-15-32(21)27)18-9-11-20(12-10-18)35-23-8-4-7-22(34-2)25(23)28/h3-4,7-13,15-16,19H,1,5-6,14,17H2,2H3/t19-/m1/s1. The summed E-state index contributed by atoms with van der Waals surface area (Å²) in [5.41, 5.74) is 2.55. The van der Waals surface area contributed by atoms with E-state index in [-0.39, 0.29) is 23.3 Å². The van der Waals surface area contributed by atoms with Gasteiger partial charge in [-0.1, -0.05) is 12.6 Å². The molecule has 1 aliphatic heterocycles. The zero-order chi connectivity index (χ0) is 24.4. The van der Waals surface area contributed by atoms with Gasteiger partial charge in [0.25, 0.3) is 0 Å². The molecular weight excluding hydrogens is 447 g/mol. The third-order valence-corrected chi connectivity index (χ3v) is 6.25. The molecule has 8 heteroatoms. The van der Waals surface area contributed by atoms with Crippen molar-refractivity contribution in [1.29, 1.82) is 0 Å². The van der Waals surface area contributed by atoms with E-state index in [1.807, 2.05) is 27.6 Å². The van der Waals surface area contributed by atoms with Gasteiger partial charge < -0.3 is 14.4 Å². The molecule has 0 saturated carbocycles. The first-order valence-electron chi connectivity index (χ1n) is 11.4. The van der Waals surface area contributed by atoms with Gasteiger partial charge >= 0.3 is 0 Å². The molecule has 0 unspecified atom stereocenters. The molecule has 2 aromatic heterocycles. The van der Waals surface area contributed by atoms with Crippen molar-refractivity contribution in [3.63, 3.8) is 0 Å². The number of carbonyl (C=O) groups is 1. The Balaban J connectivity index is 1.45. The SMILES string of the molecule is C=CC(=O)N1CCC[C@@H](c2nc(-c3ccc(Oc4cccc(OC)c4F)cc3)c3cnccn23)C1. The number of fused-ring (bicyclic) bond motifs is 1. The second kappa shape index (κ2) is 9.58. The number of rotatable bonds is 6. The van der Waals surface area contributed by atoms with Crippen LogP contribution < -0.4 is 9.47 Å². The lowest BCUT2D eigenvalue weighted by atomic mass is 9.97. The van der Waals surface area contributed by atoms with Crippen molar-refractivity contribution in [3.8, 4) is 28.5 Å². The summed E-state index contributed by atoms with van der Waals surface area (Å²) in [6.07, 6.45) is 8.64. The van der Waals surface area contributed by atoms with Crippen LogP contribution in [0, 0.1) is 5.82 Å². The summed E-state index contributed by atoms with van der Waals surface area (Å²) in [6.45, 7) is 4.95. The monoisotopic (exact) mass is 472 g/mol. The van der Waals surface area contributed by atoms with Gasteiger partial charge in [0.15, 0.2) is 11.5 Å². The predicted octanol–water partition coefficient (Wildman–Crippen LogP) is 5.23. The highest BCUT2D eigenvalue weighted by atomic mass is 19.1. The van der Waals surface area contributed by atoms with Gasteiger partial charge in [0.2, 0.25) is 11.7 Å². The van der Waals surface area contributed by atoms with E-state index in [0.717, 1.165) is 42.0 Å². The van der Waals surface area contributed by atoms with Crippen molar-refractivity contribution in [1.82, 2.24) is 19.3 Å². The largest absolute Gasteiger partial charge is 0.494 e. The van der Waals surface area contributed by atoms with E-state index < -0.39 is 5.82 Å². The number of piperidine rings is 1. The predicted molar refractivity (Wildman–Crippen MR) is 130 cm³/mol. The summed E-state index contributed by atoms with van der Waals surface area (Å²) >= 11 is 0. The van der Waals surface area contributed by atoms with Crippen molar-refractivity contribution in [3.05, 3.63) is 85.4 Å². The third kappa shape index (κ3) is 4.35. The normalized spacial score (nSPS) is 15.7. The van der Waals surface area contributed by atoms with E-state index in [0.29, 0.717) is 12.3 Å². The van der Waals surface area contributed by atoms with Gasteiger partial charge in [-0.15, -0.1) is 0 Å². The number of nitrogens with zero attached hydrogens (tertiary/aromatic N) is 4. The van der Waals surface area contributed by atoms with E-state index in [1.54, 1.807) is 42.7 Å². The van der Waals surface area contributed by atoms with Crippen molar-refractivity contribution >= 4 is 11.4 Å². The van der Waals surface area contributed by atoms with E-state index in [4.69, 9.17) is 14.5 Å². The molecule has 0 bridgehead atoms. The van der Waals surface area contributed by atoms with Gasteiger partial charge in [0.1, 0.15) is 11.6 Å². The lowest BCUT2D eigenvalue weighted by Crippen LogP contribution is -2.38. The van der Waals surface area contributed by atoms with Crippen molar-refractivity contribution < 1.29 is 18.7 Å². The van der Waals surface area contributed by atoms with Gasteiger partial charge in [0, 0.05) is 37.0 Å². The quantitative estimate of drug-likeness (QED) is 0.360. The second-order valence-electron chi connectivity index (χ2n) is 8.38. The maximum absolute atomic E-state index is 14.5. The zero-order valence-electron chi connectivity index (χ0n) is 19.4. The van der Waals surface area contributed by atoms with Crippen LogP contribution >= 0.6 is 0 Å². The highest BCUT2D eigenvalue weighted by Gasteiger charge is 2.28. The minimum atomic E-state index is -0.550. The number of hydrogen-bond acceptors (Lipinski definition) is 5. The van der Waals surface area contributed by atoms with Crippen LogP contribution in [0.5, 0.6) is 17.2 Å². The number of halogens is 1. The molecule has 178 valence electrons. The maximum Gasteiger partial charge on any atom is 0.245 e. The number of likely N-dealkylation sites (tertiary alicyclic amines) is 1. The van der Waals surface area contributed by atoms with Crippen molar-refractivity contribution in [2.75, 3.05) is 20.2 Å². The van der Waals surface area contributed by atoms with Gasteiger partial charge in [-0.25, -0.2) is 4.98 Å². The smallest absolute Gasteiger partial charge is 0.245 e. The Morgan fingerprint density at radius 3 is 2.77 bits per heavy atom. The molecule has 1 saturated heterocycles. The van der Waals surface area contributed by atoms with E-state index in [2.05, 4.69) is 11.6 Å². The zero-order valence-corrected chi connectivity index (χ0v) is 19.4. The molecule has 1 amide bonds. The number of ether oxygens (including phenoxy) is 2. The first-order valence-corrected chi connectivity index (χ1v) is 11.4. The Bertz CT molecular complexity index is 1380. The summed E-state index contributed by atoms with van der Waals surface area (Å²) in [4.78, 5) is 23.3. The van der Waals surface area contributed by atoms with Crippen LogP contribution in [0.25, 0.3) is 16.8 Å². The molecule has 7 nitrogen and oxygen atoms in total. The third-order valence-electron chi connectivity index (χ3n) is 6.25. The van der Waals surface area contributed by atoms with Crippen LogP contribution in [0.4, 0.5) is 4.39 Å². The molecule has 35 heavy (non-hydrogen) atoms. The molecule has 1 fully saturated rings. The van der Waals surface area contributed by atoms with Gasteiger partial charge in [-0.2, -0.15) is 4.39 Å². The lowest BCUT2D eigenvalue weighted by molar-refractivity contribution is -0.127. The van der Waals surface area contributed by atoms with E-state index in [9.17, 15) is 9.18 Å². The molecule has 1 aliphatic rings. The Labute approximate surface area is 202 Å². The minimum absolute atomic E-state index is 0.0551. The van der Waals surface area contributed by atoms with Crippen LogP contribution in [0.3, 0.4) is 0 Å². The lowest BCUT2D eigenvalue weighted by Gasteiger charge is -2.31. The molecule has 0 radical (unpaired) electrons. The van der Waals surface area contributed by atoms with Crippen LogP contribution in [0.2, 0.25) is 0 Å². The Morgan fingerprint density at radius 2 is 2.00 bits per heavy atom. The molecule has 3 heterocycles. The number of hydrogen-bond donors (Lipinski definition) is 0. The average molecular weight is 473 g/mol. The summed E-state index contributed by atoms with van der Waals surface area (Å²) in [6, 6.07) is 12.1. The van der Waals surface area contributed by atoms with E-state index >= 15 is 0 Å². The first kappa shape index (κ1) is 22.6. The van der Waals surface area contributed by atoms with E-state index in [1.165, 1.54) is 13.2 Å². The van der Waals surface area contributed by atoms with Crippen LogP contribution in [0.15, 0.2) is 73.7 Å². The Kier molecular flexibility index (Phi) is 6.18. The summed E-state index contributed by atoms with van der Waals surface area (Å²) in [5.74, 6) is 1.11. The second-order valence-corrected chi connectivity index (χ2v) is 8.38. The van der Waals surface area contributed by atoms with Crippen molar-refractivity contribution in [2.45, 2.75) is 18.8 Å². The highest BCUT2D eigenvalue weighted by molar-refractivity contribution is 5.87. The number of carbonyl (C=O) groups excluding carboxylic acids is 1. The fraction of sp³-hybridized carbons (Fsp3) is 0.222. The fourth-order valence-corrected chi connectivity index (χ4v) is 4.51. The molecular formula is C27H25FN4O3. The van der Waals surface area contributed by atoms with Gasteiger partial charge in [-0.3, -0.25) is 14.2 Å². The Hall–Kier alpha value is -4.20.